The molecule has 1 heterocycles. The van der Waals surface area contributed by atoms with E-state index in [2.05, 4.69) is 6.92 Å². The average Bonchev–Trinajstić information content (AvgIpc) is 2.76. The maximum Gasteiger partial charge on any atom is 0.253 e. The van der Waals surface area contributed by atoms with Gasteiger partial charge < -0.3 is 0 Å². The number of hydrogen-bond donors (Lipinski definition) is 0. The van der Waals surface area contributed by atoms with Gasteiger partial charge >= 0.3 is 0 Å². The van der Waals surface area contributed by atoms with Gasteiger partial charge in [0.1, 0.15) is 5.78 Å². The molecule has 1 fully saturated rings. The highest BCUT2D eigenvalue weighted by Crippen LogP contribution is 2.27. The van der Waals surface area contributed by atoms with E-state index in [4.69, 9.17) is 0 Å². The van der Waals surface area contributed by atoms with Crippen LogP contribution in [0.1, 0.15) is 72.6 Å². The lowest BCUT2D eigenvalue weighted by Crippen LogP contribution is -2.40. The van der Waals surface area contributed by atoms with E-state index < -0.39 is 35.3 Å². The van der Waals surface area contributed by atoms with Gasteiger partial charge in [-0.1, -0.05) is 52.5 Å². The molecule has 0 aromatic carbocycles. The van der Waals surface area contributed by atoms with Crippen molar-refractivity contribution in [1.29, 1.82) is 0 Å². The molecule has 1 aliphatic rings. The smallest absolute Gasteiger partial charge is 0.253 e. The fourth-order valence-electron chi connectivity index (χ4n) is 3.17. The Labute approximate surface area is 150 Å². The molecule has 1 unspecified atom stereocenters. The van der Waals surface area contributed by atoms with Gasteiger partial charge in [0.15, 0.2) is 11.7 Å². The molecule has 140 valence electrons. The summed E-state index contributed by atoms with van der Waals surface area (Å²) in [6.45, 7) is 7.24. The van der Waals surface area contributed by atoms with Crippen LogP contribution >= 0.6 is 0 Å². The number of allylic oxidation sites excluding steroid dienone is 1. The predicted molar refractivity (Wildman–Crippen MR) is 96.8 cm³/mol. The van der Waals surface area contributed by atoms with Crippen molar-refractivity contribution in [2.75, 3.05) is 0 Å². The highest BCUT2D eigenvalue weighted by atomic mass is 16.2. The Morgan fingerprint density at radius 3 is 2.32 bits per heavy atom. The fourth-order valence-corrected chi connectivity index (χ4v) is 3.17. The Morgan fingerprint density at radius 2 is 1.76 bits per heavy atom. The van der Waals surface area contributed by atoms with E-state index in [1.165, 1.54) is 32.3 Å². The molecule has 0 N–H and O–H groups in total. The Balaban J connectivity index is 2.73. The monoisotopic (exact) mass is 349 g/mol. The number of carbonyl (C=O) groups is 4. The van der Waals surface area contributed by atoms with Gasteiger partial charge in [-0.05, 0) is 38.2 Å². The summed E-state index contributed by atoms with van der Waals surface area (Å²) in [4.78, 5) is 50.0. The SMILES string of the molecule is CCCCCCC/C=C/C(=O)N1C(=O)C(C(C)=O)C(=O)[C@H]1CC(C)C. The van der Waals surface area contributed by atoms with Gasteiger partial charge in [-0.3, -0.25) is 24.1 Å². The van der Waals surface area contributed by atoms with Crippen molar-refractivity contribution in [3.05, 3.63) is 12.2 Å². The van der Waals surface area contributed by atoms with Gasteiger partial charge in [0.25, 0.3) is 5.91 Å². The van der Waals surface area contributed by atoms with Crippen LogP contribution in [0.5, 0.6) is 0 Å². The predicted octanol–water partition coefficient (Wildman–Crippen LogP) is 3.46. The van der Waals surface area contributed by atoms with Crippen molar-refractivity contribution >= 4 is 23.4 Å². The van der Waals surface area contributed by atoms with Crippen LogP contribution in [0.2, 0.25) is 0 Å². The summed E-state index contributed by atoms with van der Waals surface area (Å²) >= 11 is 0. The highest BCUT2D eigenvalue weighted by molar-refractivity contribution is 6.27. The summed E-state index contributed by atoms with van der Waals surface area (Å²) in [6.07, 6.45) is 10.0. The molecule has 1 aliphatic heterocycles. The molecule has 0 spiro atoms. The van der Waals surface area contributed by atoms with E-state index in [9.17, 15) is 19.2 Å². The van der Waals surface area contributed by atoms with Crippen LogP contribution in [-0.2, 0) is 19.2 Å². The Kier molecular flexibility index (Phi) is 8.73. The molecule has 2 amide bonds. The third-order valence-electron chi connectivity index (χ3n) is 4.48. The summed E-state index contributed by atoms with van der Waals surface area (Å²) in [5.74, 6) is -3.24. The van der Waals surface area contributed by atoms with Crippen molar-refractivity contribution in [1.82, 2.24) is 4.90 Å². The lowest BCUT2D eigenvalue weighted by atomic mass is 9.94. The molecule has 1 saturated heterocycles. The minimum atomic E-state index is -1.31. The Morgan fingerprint density at radius 1 is 1.12 bits per heavy atom. The first-order valence-electron chi connectivity index (χ1n) is 9.39. The molecule has 0 aromatic rings. The van der Waals surface area contributed by atoms with E-state index in [0.29, 0.717) is 6.42 Å². The van der Waals surface area contributed by atoms with Gasteiger partial charge in [-0.2, -0.15) is 0 Å². The van der Waals surface area contributed by atoms with E-state index in [1.807, 2.05) is 13.8 Å². The van der Waals surface area contributed by atoms with Crippen molar-refractivity contribution in [3.8, 4) is 0 Å². The Bertz CT molecular complexity index is 536. The third kappa shape index (κ3) is 5.91. The zero-order valence-electron chi connectivity index (χ0n) is 15.9. The number of nitrogens with zero attached hydrogens (tertiary/aromatic N) is 1. The topological polar surface area (TPSA) is 71.5 Å². The first-order valence-corrected chi connectivity index (χ1v) is 9.39. The Hall–Kier alpha value is -1.78. The van der Waals surface area contributed by atoms with Crippen LogP contribution in [0.15, 0.2) is 12.2 Å². The van der Waals surface area contributed by atoms with Crippen LogP contribution in [0, 0.1) is 11.8 Å². The summed E-state index contributed by atoms with van der Waals surface area (Å²) in [5.41, 5.74) is 0. The van der Waals surface area contributed by atoms with Gasteiger partial charge in [-0.25, -0.2) is 0 Å². The molecular weight excluding hydrogens is 318 g/mol. The van der Waals surface area contributed by atoms with E-state index in [-0.39, 0.29) is 5.92 Å². The summed E-state index contributed by atoms with van der Waals surface area (Å²) < 4.78 is 0. The molecule has 0 saturated carbocycles. The van der Waals surface area contributed by atoms with Gasteiger partial charge in [0.2, 0.25) is 5.91 Å². The van der Waals surface area contributed by atoms with Crippen LogP contribution < -0.4 is 0 Å². The third-order valence-corrected chi connectivity index (χ3v) is 4.48. The summed E-state index contributed by atoms with van der Waals surface area (Å²) in [5, 5.41) is 0. The number of rotatable bonds is 10. The van der Waals surface area contributed by atoms with E-state index in [0.717, 1.165) is 24.2 Å². The molecule has 0 bridgehead atoms. The quantitative estimate of drug-likeness (QED) is 0.344. The molecule has 0 aromatic heterocycles. The van der Waals surface area contributed by atoms with E-state index >= 15 is 0 Å². The number of imide groups is 1. The minimum Gasteiger partial charge on any atom is -0.299 e. The van der Waals surface area contributed by atoms with E-state index in [1.54, 1.807) is 6.08 Å². The first kappa shape index (κ1) is 21.3. The lowest BCUT2D eigenvalue weighted by molar-refractivity contribution is -0.143. The highest BCUT2D eigenvalue weighted by Gasteiger charge is 2.51. The number of carbonyl (C=O) groups excluding carboxylic acids is 4. The number of Topliss-reactive ketones (excluding diaryl/α,β-unsaturated/α-hetero) is 2. The van der Waals surface area contributed by atoms with Gasteiger partial charge in [0.05, 0.1) is 6.04 Å². The van der Waals surface area contributed by atoms with Crippen LogP contribution in [-0.4, -0.2) is 34.3 Å². The minimum absolute atomic E-state index is 0.144. The molecular formula is C20H31NO4. The van der Waals surface area contributed by atoms with Crippen molar-refractivity contribution in [2.45, 2.75) is 78.7 Å². The zero-order chi connectivity index (χ0) is 19.0. The largest absolute Gasteiger partial charge is 0.299 e. The average molecular weight is 349 g/mol. The number of ketones is 2. The molecule has 5 nitrogen and oxygen atoms in total. The summed E-state index contributed by atoms with van der Waals surface area (Å²) in [6, 6.07) is -0.817. The second-order valence-electron chi connectivity index (χ2n) is 7.24. The van der Waals surface area contributed by atoms with Gasteiger partial charge in [0, 0.05) is 0 Å². The normalized spacial score (nSPS) is 20.9. The number of unbranched alkanes of at least 4 members (excludes halogenated alkanes) is 5. The fraction of sp³-hybridized carbons (Fsp3) is 0.700. The zero-order valence-corrected chi connectivity index (χ0v) is 15.9. The van der Waals surface area contributed by atoms with Crippen molar-refractivity contribution in [2.24, 2.45) is 11.8 Å². The molecule has 0 aliphatic carbocycles. The maximum absolute atomic E-state index is 12.5. The molecule has 25 heavy (non-hydrogen) atoms. The molecule has 5 heteroatoms. The first-order chi connectivity index (χ1) is 11.8. The maximum atomic E-state index is 12.5. The van der Waals surface area contributed by atoms with Gasteiger partial charge in [-0.15, -0.1) is 0 Å². The van der Waals surface area contributed by atoms with Crippen LogP contribution in [0.25, 0.3) is 0 Å². The number of amides is 2. The number of hydrogen-bond acceptors (Lipinski definition) is 4. The number of likely N-dealkylation sites (tertiary alicyclic amines) is 1. The van der Waals surface area contributed by atoms with Crippen LogP contribution in [0.3, 0.4) is 0 Å². The second-order valence-corrected chi connectivity index (χ2v) is 7.24. The standard InChI is InChI=1S/C20H31NO4/c1-5-6-7-8-9-10-11-12-17(23)21-16(13-14(2)3)19(24)18(15(4)22)20(21)25/h11-12,14,16,18H,5-10,13H2,1-4H3/b12-11+/t16-,18?/m1/s1. The molecule has 2 atom stereocenters. The molecule has 0 radical (unpaired) electrons. The second kappa shape index (κ2) is 10.3. The molecule has 1 rings (SSSR count). The van der Waals surface area contributed by atoms with Crippen molar-refractivity contribution in [3.63, 3.8) is 0 Å². The lowest BCUT2D eigenvalue weighted by Gasteiger charge is -2.21. The summed E-state index contributed by atoms with van der Waals surface area (Å²) in [7, 11) is 0. The van der Waals surface area contributed by atoms with Crippen molar-refractivity contribution < 1.29 is 19.2 Å². The van der Waals surface area contributed by atoms with Crippen LogP contribution in [0.4, 0.5) is 0 Å².